The van der Waals surface area contributed by atoms with Gasteiger partial charge in [0.25, 0.3) is 11.6 Å². The number of benzene rings is 1. The quantitative estimate of drug-likeness (QED) is 0.678. The second kappa shape index (κ2) is 6.09. The molecule has 1 saturated heterocycles. The van der Waals surface area contributed by atoms with Crippen molar-refractivity contribution in [2.24, 2.45) is 5.92 Å². The summed E-state index contributed by atoms with van der Waals surface area (Å²) in [5, 5.41) is 19.7. The Morgan fingerprint density at radius 3 is 2.76 bits per heavy atom. The van der Waals surface area contributed by atoms with Crippen LogP contribution in [0.15, 0.2) is 18.2 Å². The maximum Gasteiger partial charge on any atom is 0.303 e. The molecular weight excluding hydrogens is 300 g/mol. The molecular formula is C13H13ClN2O5. The molecule has 1 heterocycles. The van der Waals surface area contributed by atoms with Crippen molar-refractivity contribution >= 4 is 29.2 Å². The van der Waals surface area contributed by atoms with Crippen LogP contribution in [-0.4, -0.2) is 39.9 Å². The summed E-state index contributed by atoms with van der Waals surface area (Å²) in [6, 6.07) is 3.73. The Morgan fingerprint density at radius 1 is 1.43 bits per heavy atom. The minimum Gasteiger partial charge on any atom is -0.481 e. The zero-order chi connectivity index (χ0) is 15.6. The molecule has 0 radical (unpaired) electrons. The zero-order valence-electron chi connectivity index (χ0n) is 11.0. The Labute approximate surface area is 125 Å². The van der Waals surface area contributed by atoms with Gasteiger partial charge < -0.3 is 10.0 Å². The summed E-state index contributed by atoms with van der Waals surface area (Å²) in [5.74, 6) is -1.35. The lowest BCUT2D eigenvalue weighted by Gasteiger charge is -2.16. The molecule has 1 aromatic rings. The predicted octanol–water partition coefficient (Wildman–Crippen LogP) is 2.19. The van der Waals surface area contributed by atoms with Crippen molar-refractivity contribution in [1.82, 2.24) is 4.90 Å². The molecule has 0 aromatic heterocycles. The van der Waals surface area contributed by atoms with E-state index >= 15 is 0 Å². The van der Waals surface area contributed by atoms with E-state index in [-0.39, 0.29) is 34.5 Å². The number of amides is 1. The van der Waals surface area contributed by atoms with Crippen molar-refractivity contribution in [2.75, 3.05) is 13.1 Å². The van der Waals surface area contributed by atoms with Crippen LogP contribution in [0.4, 0.5) is 5.69 Å². The Hall–Kier alpha value is -2.15. The standard InChI is InChI=1S/C13H13ClN2O5/c14-10-4-9(5-11(6-10)16(20)21)13(19)15-2-1-8(7-15)3-12(17)18/h4-6,8H,1-3,7H2,(H,17,18). The van der Waals surface area contributed by atoms with Gasteiger partial charge in [-0.25, -0.2) is 0 Å². The zero-order valence-corrected chi connectivity index (χ0v) is 11.7. The van der Waals surface area contributed by atoms with E-state index in [4.69, 9.17) is 16.7 Å². The number of hydrogen-bond donors (Lipinski definition) is 1. The summed E-state index contributed by atoms with van der Waals surface area (Å²) in [4.78, 5) is 34.6. The maximum absolute atomic E-state index is 12.3. The molecule has 1 unspecified atom stereocenters. The average Bonchev–Trinajstić information content (AvgIpc) is 2.84. The second-order valence-corrected chi connectivity index (χ2v) is 5.40. The summed E-state index contributed by atoms with van der Waals surface area (Å²) >= 11 is 5.79. The molecule has 0 bridgehead atoms. The Bertz CT molecular complexity index is 604. The summed E-state index contributed by atoms with van der Waals surface area (Å²) in [5.41, 5.74) is -0.0997. The van der Waals surface area contributed by atoms with Crippen LogP contribution in [0.3, 0.4) is 0 Å². The summed E-state index contributed by atoms with van der Waals surface area (Å²) < 4.78 is 0. The molecule has 8 heteroatoms. The Morgan fingerprint density at radius 2 is 2.14 bits per heavy atom. The molecule has 21 heavy (non-hydrogen) atoms. The summed E-state index contributed by atoms with van der Waals surface area (Å²) in [6.45, 7) is 0.780. The molecule has 7 nitrogen and oxygen atoms in total. The normalized spacial score (nSPS) is 17.8. The average molecular weight is 313 g/mol. The second-order valence-electron chi connectivity index (χ2n) is 4.96. The molecule has 112 valence electrons. The van der Waals surface area contributed by atoms with E-state index in [2.05, 4.69) is 0 Å². The van der Waals surface area contributed by atoms with Gasteiger partial charge in [0.05, 0.1) is 4.92 Å². The first-order valence-electron chi connectivity index (χ1n) is 6.33. The fourth-order valence-electron chi connectivity index (χ4n) is 2.42. The number of halogens is 1. The lowest BCUT2D eigenvalue weighted by Crippen LogP contribution is -2.29. The van der Waals surface area contributed by atoms with Crippen LogP contribution in [0.1, 0.15) is 23.2 Å². The van der Waals surface area contributed by atoms with Gasteiger partial charge >= 0.3 is 5.97 Å². The van der Waals surface area contributed by atoms with Crippen molar-refractivity contribution in [1.29, 1.82) is 0 Å². The highest BCUT2D eigenvalue weighted by atomic mass is 35.5. The molecule has 1 fully saturated rings. The third-order valence-electron chi connectivity index (χ3n) is 3.38. The summed E-state index contributed by atoms with van der Waals surface area (Å²) in [7, 11) is 0. The van der Waals surface area contributed by atoms with E-state index in [9.17, 15) is 19.7 Å². The largest absolute Gasteiger partial charge is 0.481 e. The molecule has 0 spiro atoms. The molecule has 1 atom stereocenters. The van der Waals surface area contributed by atoms with Gasteiger partial charge in [0.2, 0.25) is 0 Å². The highest BCUT2D eigenvalue weighted by Crippen LogP contribution is 2.25. The third kappa shape index (κ3) is 3.69. The van der Waals surface area contributed by atoms with Gasteiger partial charge in [-0.05, 0) is 18.4 Å². The van der Waals surface area contributed by atoms with Crippen LogP contribution in [0, 0.1) is 16.0 Å². The van der Waals surface area contributed by atoms with E-state index in [1.54, 1.807) is 0 Å². The van der Waals surface area contributed by atoms with Gasteiger partial charge in [0.1, 0.15) is 0 Å². The number of carbonyl (C=O) groups is 2. The van der Waals surface area contributed by atoms with E-state index in [0.717, 1.165) is 0 Å². The smallest absolute Gasteiger partial charge is 0.303 e. The molecule has 1 N–H and O–H groups in total. The Balaban J connectivity index is 2.14. The molecule has 2 rings (SSSR count). The van der Waals surface area contributed by atoms with Gasteiger partial charge in [-0.3, -0.25) is 19.7 Å². The topological polar surface area (TPSA) is 101 Å². The van der Waals surface area contributed by atoms with Crippen molar-refractivity contribution in [2.45, 2.75) is 12.8 Å². The van der Waals surface area contributed by atoms with E-state index < -0.39 is 10.9 Å². The number of likely N-dealkylation sites (tertiary alicyclic amines) is 1. The number of aliphatic carboxylic acids is 1. The van der Waals surface area contributed by atoms with E-state index in [1.807, 2.05) is 0 Å². The monoisotopic (exact) mass is 312 g/mol. The minimum absolute atomic E-state index is 0.0134. The number of non-ortho nitro benzene ring substituents is 1. The van der Waals surface area contributed by atoms with E-state index in [0.29, 0.717) is 19.5 Å². The molecule has 1 aliphatic rings. The van der Waals surface area contributed by atoms with Crippen LogP contribution in [0.5, 0.6) is 0 Å². The highest BCUT2D eigenvalue weighted by Gasteiger charge is 2.29. The van der Waals surface area contributed by atoms with Gasteiger partial charge in [-0.1, -0.05) is 11.6 Å². The fraction of sp³-hybridized carbons (Fsp3) is 0.385. The number of hydrogen-bond acceptors (Lipinski definition) is 4. The minimum atomic E-state index is -0.896. The number of carboxylic acids is 1. The lowest BCUT2D eigenvalue weighted by molar-refractivity contribution is -0.384. The predicted molar refractivity (Wildman–Crippen MR) is 74.4 cm³/mol. The van der Waals surface area contributed by atoms with Gasteiger partial charge in [-0.2, -0.15) is 0 Å². The number of nitrogens with zero attached hydrogens (tertiary/aromatic N) is 2. The summed E-state index contributed by atoms with van der Waals surface area (Å²) in [6.07, 6.45) is 0.625. The van der Waals surface area contributed by atoms with Gasteiger partial charge in [-0.15, -0.1) is 0 Å². The number of nitro benzene ring substituents is 1. The SMILES string of the molecule is O=C(O)CC1CCN(C(=O)c2cc(Cl)cc([N+](=O)[O-])c2)C1. The van der Waals surface area contributed by atoms with Crippen LogP contribution < -0.4 is 0 Å². The molecule has 1 amide bonds. The maximum atomic E-state index is 12.3. The highest BCUT2D eigenvalue weighted by molar-refractivity contribution is 6.31. The first-order valence-corrected chi connectivity index (χ1v) is 6.70. The molecule has 1 aliphatic heterocycles. The van der Waals surface area contributed by atoms with Gasteiger partial charge in [0, 0.05) is 42.2 Å². The molecule has 0 aliphatic carbocycles. The first kappa shape index (κ1) is 15.2. The van der Waals surface area contributed by atoms with Crippen molar-refractivity contribution < 1.29 is 19.6 Å². The van der Waals surface area contributed by atoms with Crippen molar-refractivity contribution in [3.05, 3.63) is 38.9 Å². The lowest BCUT2D eigenvalue weighted by atomic mass is 10.1. The van der Waals surface area contributed by atoms with Crippen LogP contribution >= 0.6 is 11.6 Å². The van der Waals surface area contributed by atoms with Crippen LogP contribution in [-0.2, 0) is 4.79 Å². The van der Waals surface area contributed by atoms with Crippen molar-refractivity contribution in [3.8, 4) is 0 Å². The van der Waals surface area contributed by atoms with Crippen LogP contribution in [0.25, 0.3) is 0 Å². The fourth-order valence-corrected chi connectivity index (χ4v) is 2.65. The Kier molecular flexibility index (Phi) is 4.42. The number of carbonyl (C=O) groups excluding carboxylic acids is 1. The van der Waals surface area contributed by atoms with E-state index in [1.165, 1.54) is 23.1 Å². The van der Waals surface area contributed by atoms with Crippen molar-refractivity contribution in [3.63, 3.8) is 0 Å². The third-order valence-corrected chi connectivity index (χ3v) is 3.59. The van der Waals surface area contributed by atoms with Gasteiger partial charge in [0.15, 0.2) is 0 Å². The first-order chi connectivity index (χ1) is 9.86. The molecule has 0 saturated carbocycles. The molecule has 1 aromatic carbocycles. The van der Waals surface area contributed by atoms with Crippen LogP contribution in [0.2, 0.25) is 5.02 Å². The number of carboxylic acid groups (broad SMARTS) is 1. The number of nitro groups is 1. The number of rotatable bonds is 4.